The summed E-state index contributed by atoms with van der Waals surface area (Å²) in [6.45, 7) is 8.70. The van der Waals surface area contributed by atoms with Gasteiger partial charge in [-0.3, -0.25) is 9.89 Å². The fourth-order valence-corrected chi connectivity index (χ4v) is 4.96. The molecule has 0 radical (unpaired) electrons. The highest BCUT2D eigenvalue weighted by atomic mass is 127. The molecule has 0 aromatic heterocycles. The van der Waals surface area contributed by atoms with Gasteiger partial charge in [0.25, 0.3) is 0 Å². The number of aliphatic imine (C=N–C) groups is 1. The normalized spacial score (nSPS) is 24.9. The van der Waals surface area contributed by atoms with Crippen molar-refractivity contribution < 1.29 is 17.5 Å². The summed E-state index contributed by atoms with van der Waals surface area (Å²) >= 11 is 0. The Morgan fingerprint density at radius 1 is 1.23 bits per heavy atom. The maximum atomic E-state index is 13.3. The number of nitrogens with zero attached hydrogens (tertiary/aromatic N) is 3. The van der Waals surface area contributed by atoms with Crippen molar-refractivity contribution >= 4 is 39.8 Å². The molecule has 2 heterocycles. The molecule has 2 aliphatic rings. The van der Waals surface area contributed by atoms with Crippen molar-refractivity contribution in [1.29, 1.82) is 0 Å². The lowest BCUT2D eigenvalue weighted by atomic mass is 10.1. The molecule has 2 unspecified atom stereocenters. The second-order valence-corrected chi connectivity index (χ2v) is 9.92. The van der Waals surface area contributed by atoms with Crippen LogP contribution in [0.1, 0.15) is 25.5 Å². The number of sulfone groups is 1. The van der Waals surface area contributed by atoms with Gasteiger partial charge in [-0.2, -0.15) is 0 Å². The van der Waals surface area contributed by atoms with Crippen molar-refractivity contribution in [2.45, 2.75) is 26.1 Å². The summed E-state index contributed by atoms with van der Waals surface area (Å²) in [5, 5.41) is 3.35. The highest BCUT2D eigenvalue weighted by Gasteiger charge is 2.28. The largest absolute Gasteiger partial charge is 0.367 e. The van der Waals surface area contributed by atoms with Gasteiger partial charge in [0.2, 0.25) is 0 Å². The molecule has 0 spiro atoms. The van der Waals surface area contributed by atoms with Crippen molar-refractivity contribution in [3.05, 3.63) is 35.6 Å². The third kappa shape index (κ3) is 7.31. The van der Waals surface area contributed by atoms with Crippen molar-refractivity contribution in [2.75, 3.05) is 57.3 Å². The zero-order valence-electron chi connectivity index (χ0n) is 17.6. The predicted octanol–water partition coefficient (Wildman–Crippen LogP) is 1.90. The topological polar surface area (TPSA) is 74.2 Å². The lowest BCUT2D eigenvalue weighted by molar-refractivity contribution is -0.0605. The third-order valence-corrected chi connectivity index (χ3v) is 6.86. The van der Waals surface area contributed by atoms with Gasteiger partial charge in [-0.05, 0) is 31.5 Å². The molecular weight excluding hydrogens is 522 g/mol. The van der Waals surface area contributed by atoms with E-state index in [4.69, 9.17) is 9.73 Å². The summed E-state index contributed by atoms with van der Waals surface area (Å²) < 4.78 is 42.5. The Morgan fingerprint density at radius 3 is 2.53 bits per heavy atom. The minimum Gasteiger partial charge on any atom is -0.367 e. The number of guanidine groups is 1. The van der Waals surface area contributed by atoms with E-state index >= 15 is 0 Å². The summed E-state index contributed by atoms with van der Waals surface area (Å²) in [4.78, 5) is 9.11. The van der Waals surface area contributed by atoms with Crippen LogP contribution in [0.5, 0.6) is 0 Å². The molecule has 7 nitrogen and oxygen atoms in total. The van der Waals surface area contributed by atoms with E-state index in [2.05, 4.69) is 15.1 Å². The first-order chi connectivity index (χ1) is 13.9. The zero-order valence-corrected chi connectivity index (χ0v) is 20.7. The molecule has 2 aliphatic heterocycles. The lowest BCUT2D eigenvalue weighted by Gasteiger charge is -2.39. The molecule has 170 valence electrons. The maximum Gasteiger partial charge on any atom is 0.194 e. The number of nitrogens with one attached hydrogen (secondary N) is 1. The molecule has 1 N–H and O–H groups in total. The first kappa shape index (κ1) is 25.3. The number of ether oxygens (including phenoxy) is 1. The average Bonchev–Trinajstić information content (AvgIpc) is 2.68. The summed E-state index contributed by atoms with van der Waals surface area (Å²) in [5.41, 5.74) is 0.952. The Labute approximate surface area is 196 Å². The molecule has 1 aromatic rings. The zero-order chi connectivity index (χ0) is 20.9. The first-order valence-corrected chi connectivity index (χ1v) is 12.1. The van der Waals surface area contributed by atoms with Gasteiger partial charge >= 0.3 is 0 Å². The summed E-state index contributed by atoms with van der Waals surface area (Å²) in [6, 6.07) is 6.45. The SMILES string of the molecule is CCNC(=NCCN1CCS(=O)(=O)CC1)N1CC(C)OC(c2ccc(F)cc2)C1.I. The maximum absolute atomic E-state index is 13.3. The fourth-order valence-electron chi connectivity index (χ4n) is 3.68. The Kier molecular flexibility index (Phi) is 9.76. The fraction of sp³-hybridized carbons (Fsp3) is 0.650. The summed E-state index contributed by atoms with van der Waals surface area (Å²) in [7, 11) is -2.86. The van der Waals surface area contributed by atoms with E-state index in [1.165, 1.54) is 12.1 Å². The molecule has 0 aliphatic carbocycles. The highest BCUT2D eigenvalue weighted by Crippen LogP contribution is 2.25. The summed E-state index contributed by atoms with van der Waals surface area (Å²) in [6.07, 6.45) is -0.120. The molecule has 30 heavy (non-hydrogen) atoms. The number of halogens is 2. The molecule has 1 aromatic carbocycles. The standard InChI is InChI=1S/C20H31FN4O3S.HI/c1-3-22-20(23-8-9-24-10-12-29(26,27)13-11-24)25-14-16(2)28-19(15-25)17-4-6-18(21)7-5-17;/h4-7,16,19H,3,8-15H2,1-2H3,(H,22,23);1H. The van der Waals surface area contributed by atoms with Gasteiger partial charge in [0, 0.05) is 32.7 Å². The van der Waals surface area contributed by atoms with Crippen molar-refractivity contribution in [3.8, 4) is 0 Å². The molecule has 2 fully saturated rings. The van der Waals surface area contributed by atoms with Gasteiger partial charge in [-0.15, -0.1) is 24.0 Å². The molecule has 2 saturated heterocycles. The number of morpholine rings is 1. The van der Waals surface area contributed by atoms with E-state index in [9.17, 15) is 12.8 Å². The highest BCUT2D eigenvalue weighted by molar-refractivity contribution is 14.0. The third-order valence-electron chi connectivity index (χ3n) is 5.25. The van der Waals surface area contributed by atoms with Gasteiger partial charge in [-0.25, -0.2) is 12.8 Å². The van der Waals surface area contributed by atoms with Crippen LogP contribution in [0.4, 0.5) is 4.39 Å². The minimum atomic E-state index is -2.86. The molecule has 0 bridgehead atoms. The quantitative estimate of drug-likeness (QED) is 0.341. The predicted molar refractivity (Wildman–Crippen MR) is 128 cm³/mol. The Hall–Kier alpha value is -0.980. The molecule has 2 atom stereocenters. The van der Waals surface area contributed by atoms with Crippen LogP contribution in [0.15, 0.2) is 29.3 Å². The van der Waals surface area contributed by atoms with E-state index in [0.29, 0.717) is 26.2 Å². The van der Waals surface area contributed by atoms with Crippen LogP contribution in [0.3, 0.4) is 0 Å². The minimum absolute atomic E-state index is 0. The van der Waals surface area contributed by atoms with Gasteiger partial charge in [0.15, 0.2) is 15.8 Å². The van der Waals surface area contributed by atoms with Crippen LogP contribution in [0.2, 0.25) is 0 Å². The molecule has 3 rings (SSSR count). The van der Waals surface area contributed by atoms with E-state index in [1.54, 1.807) is 12.1 Å². The van der Waals surface area contributed by atoms with Crippen molar-refractivity contribution in [2.24, 2.45) is 4.99 Å². The van der Waals surface area contributed by atoms with E-state index in [-0.39, 0.29) is 53.5 Å². The van der Waals surface area contributed by atoms with Crippen LogP contribution in [0.25, 0.3) is 0 Å². The number of hydrogen-bond acceptors (Lipinski definition) is 5. The summed E-state index contributed by atoms with van der Waals surface area (Å²) in [5.74, 6) is 1.04. The molecule has 0 saturated carbocycles. The smallest absolute Gasteiger partial charge is 0.194 e. The van der Waals surface area contributed by atoms with Gasteiger partial charge in [-0.1, -0.05) is 12.1 Å². The van der Waals surface area contributed by atoms with E-state index in [1.807, 2.05) is 13.8 Å². The van der Waals surface area contributed by atoms with Crippen molar-refractivity contribution in [3.63, 3.8) is 0 Å². The first-order valence-electron chi connectivity index (χ1n) is 10.2. The Bertz CT molecular complexity index is 793. The van der Waals surface area contributed by atoms with E-state index < -0.39 is 9.84 Å². The van der Waals surface area contributed by atoms with Crippen LogP contribution in [-0.2, 0) is 14.6 Å². The molecule has 10 heteroatoms. The Balaban J connectivity index is 0.00000320. The van der Waals surface area contributed by atoms with Gasteiger partial charge < -0.3 is 15.0 Å². The van der Waals surface area contributed by atoms with Crippen molar-refractivity contribution in [1.82, 2.24) is 15.1 Å². The van der Waals surface area contributed by atoms with E-state index in [0.717, 1.165) is 31.2 Å². The van der Waals surface area contributed by atoms with Crippen LogP contribution in [-0.4, -0.2) is 87.6 Å². The average molecular weight is 554 g/mol. The van der Waals surface area contributed by atoms with Crippen LogP contribution in [0, 0.1) is 5.82 Å². The second-order valence-electron chi connectivity index (χ2n) is 7.62. The van der Waals surface area contributed by atoms with Crippen LogP contribution < -0.4 is 5.32 Å². The molecular formula is C20H32FIN4O3S. The number of rotatable bonds is 5. The monoisotopic (exact) mass is 554 g/mol. The Morgan fingerprint density at radius 2 is 1.90 bits per heavy atom. The molecule has 0 amide bonds. The number of hydrogen-bond donors (Lipinski definition) is 1. The number of benzene rings is 1. The van der Waals surface area contributed by atoms with Gasteiger partial charge in [0.1, 0.15) is 11.9 Å². The van der Waals surface area contributed by atoms with Gasteiger partial charge in [0.05, 0.1) is 30.7 Å². The van der Waals surface area contributed by atoms with Crippen LogP contribution >= 0.6 is 24.0 Å². The second kappa shape index (κ2) is 11.6. The lowest BCUT2D eigenvalue weighted by Crippen LogP contribution is -2.51.